The molecule has 1 saturated carbocycles. The largest absolute Gasteiger partial charge is 0.481 e. The van der Waals surface area contributed by atoms with Gasteiger partial charge in [-0.05, 0) is 42.3 Å². The summed E-state index contributed by atoms with van der Waals surface area (Å²) in [5.74, 6) is 0.220. The Hall–Kier alpha value is -2.48. The number of ether oxygens (including phenoxy) is 1. The molecule has 0 aliphatic heterocycles. The zero-order chi connectivity index (χ0) is 20.6. The van der Waals surface area contributed by atoms with Gasteiger partial charge in [0.1, 0.15) is 26.8 Å². The molecule has 6 heteroatoms. The van der Waals surface area contributed by atoms with E-state index in [9.17, 15) is 15.2 Å². The molecule has 1 unspecified atom stereocenters. The van der Waals surface area contributed by atoms with E-state index >= 15 is 0 Å². The van der Waals surface area contributed by atoms with Crippen molar-refractivity contribution in [3.63, 3.8) is 0 Å². The van der Waals surface area contributed by atoms with E-state index in [1.54, 1.807) is 32.0 Å². The van der Waals surface area contributed by atoms with Gasteiger partial charge in [0.15, 0.2) is 0 Å². The van der Waals surface area contributed by atoms with Crippen LogP contribution in [-0.4, -0.2) is 11.1 Å². The zero-order valence-corrected chi connectivity index (χ0v) is 17.0. The first-order valence-electron chi connectivity index (χ1n) is 8.70. The number of nitriles is 1. The molecule has 0 aromatic heterocycles. The van der Waals surface area contributed by atoms with E-state index < -0.39 is 22.2 Å². The van der Waals surface area contributed by atoms with Gasteiger partial charge in [-0.1, -0.05) is 67.4 Å². The van der Waals surface area contributed by atoms with Crippen molar-refractivity contribution in [1.82, 2.24) is 0 Å². The fourth-order valence-corrected chi connectivity index (χ4v) is 4.59. The van der Waals surface area contributed by atoms with Crippen LogP contribution in [0, 0.1) is 27.6 Å². The molecule has 0 saturated heterocycles. The van der Waals surface area contributed by atoms with Crippen LogP contribution in [0.25, 0.3) is 0 Å². The second-order valence-electron chi connectivity index (χ2n) is 7.43. The molecule has 2 aromatic rings. The number of nitrogens with zero attached hydrogens (tertiary/aromatic N) is 1. The lowest BCUT2D eigenvalue weighted by Crippen LogP contribution is -2.26. The summed E-state index contributed by atoms with van der Waals surface area (Å²) in [6, 6.07) is 18.7. The Kier molecular flexibility index (Phi) is 5.18. The molecule has 2 aromatic carbocycles. The van der Waals surface area contributed by atoms with E-state index in [1.807, 2.05) is 36.4 Å². The van der Waals surface area contributed by atoms with E-state index in [2.05, 4.69) is 6.07 Å². The van der Waals surface area contributed by atoms with Crippen molar-refractivity contribution in [3.05, 3.63) is 70.7 Å². The molecular weight excluding hydrogens is 397 g/mol. The molecule has 144 valence electrons. The highest BCUT2D eigenvalue weighted by Gasteiger charge is 2.86. The Labute approximate surface area is 174 Å². The molecule has 0 radical (unpaired) electrons. The van der Waals surface area contributed by atoms with Crippen molar-refractivity contribution in [3.8, 4) is 17.6 Å². The monoisotopic (exact) mass is 415 g/mol. The number of halogens is 2. The van der Waals surface area contributed by atoms with Crippen LogP contribution in [0.1, 0.15) is 19.4 Å². The van der Waals surface area contributed by atoms with Crippen LogP contribution in [0.15, 0.2) is 65.2 Å². The molecule has 4 nitrogen and oxygen atoms in total. The van der Waals surface area contributed by atoms with Gasteiger partial charge < -0.3 is 9.84 Å². The second-order valence-corrected chi connectivity index (χ2v) is 8.44. The first-order chi connectivity index (χ1) is 13.2. The van der Waals surface area contributed by atoms with Gasteiger partial charge in [0.25, 0.3) is 0 Å². The van der Waals surface area contributed by atoms with Gasteiger partial charge in [-0.3, -0.25) is 4.79 Å². The van der Waals surface area contributed by atoms with Gasteiger partial charge in [0, 0.05) is 5.41 Å². The predicted octanol–water partition coefficient (Wildman–Crippen LogP) is 5.96. The Morgan fingerprint density at radius 1 is 1.14 bits per heavy atom. The topological polar surface area (TPSA) is 70.3 Å². The standard InChI is InChI=1S/C22H19Cl2NO3/c1-20(2)21(14-25,13-18(23)24)22(20,19(26)27)12-15-7-6-10-17(11-15)28-16-8-4-3-5-9-16/h3-11,13H,12H2,1-2H3,(H,26,27)/t21?,22-/m1/s1. The van der Waals surface area contributed by atoms with Crippen molar-refractivity contribution in [2.24, 2.45) is 16.2 Å². The molecular formula is C22H19Cl2NO3. The number of para-hydroxylation sites is 1. The van der Waals surface area contributed by atoms with E-state index in [0.717, 1.165) is 5.56 Å². The van der Waals surface area contributed by atoms with Crippen LogP contribution in [-0.2, 0) is 11.2 Å². The molecule has 3 rings (SSSR count). The molecule has 1 aliphatic rings. The molecule has 1 aliphatic carbocycles. The summed E-state index contributed by atoms with van der Waals surface area (Å²) in [5.41, 5.74) is -2.76. The number of hydrogen-bond acceptors (Lipinski definition) is 3. The van der Waals surface area contributed by atoms with Crippen molar-refractivity contribution in [2.75, 3.05) is 0 Å². The van der Waals surface area contributed by atoms with E-state index in [4.69, 9.17) is 27.9 Å². The minimum Gasteiger partial charge on any atom is -0.481 e. The predicted molar refractivity (Wildman–Crippen MR) is 108 cm³/mol. The summed E-state index contributed by atoms with van der Waals surface area (Å²) in [5, 5.41) is 19.9. The average Bonchev–Trinajstić information content (AvgIpc) is 3.05. The SMILES string of the molecule is CC1(C)C(C#N)(C=C(Cl)Cl)[C@]1(Cc1cccc(Oc2ccccc2)c1)C(=O)O. The average molecular weight is 416 g/mol. The van der Waals surface area contributed by atoms with Crippen LogP contribution >= 0.6 is 23.2 Å². The second kappa shape index (κ2) is 7.16. The Bertz CT molecular complexity index is 977. The lowest BCUT2D eigenvalue weighted by Gasteiger charge is -2.16. The molecule has 2 atom stereocenters. The summed E-state index contributed by atoms with van der Waals surface area (Å²) >= 11 is 11.6. The number of carbonyl (C=O) groups is 1. The fourth-order valence-electron chi connectivity index (χ4n) is 4.26. The summed E-state index contributed by atoms with van der Waals surface area (Å²) < 4.78 is 5.73. The number of hydrogen-bond donors (Lipinski definition) is 1. The van der Waals surface area contributed by atoms with E-state index in [-0.39, 0.29) is 10.9 Å². The highest BCUT2D eigenvalue weighted by Crippen LogP contribution is 2.80. The van der Waals surface area contributed by atoms with Crippen LogP contribution in [0.4, 0.5) is 0 Å². The Balaban J connectivity index is 1.97. The van der Waals surface area contributed by atoms with E-state index in [1.165, 1.54) is 6.08 Å². The Morgan fingerprint density at radius 2 is 1.79 bits per heavy atom. The molecule has 28 heavy (non-hydrogen) atoms. The quantitative estimate of drug-likeness (QED) is 0.631. The maximum Gasteiger partial charge on any atom is 0.312 e. The fraction of sp³-hybridized carbons (Fsp3) is 0.273. The van der Waals surface area contributed by atoms with Crippen molar-refractivity contribution < 1.29 is 14.6 Å². The van der Waals surface area contributed by atoms with Crippen molar-refractivity contribution in [2.45, 2.75) is 20.3 Å². The third kappa shape index (κ3) is 2.96. The summed E-state index contributed by atoms with van der Waals surface area (Å²) in [6.07, 6.45) is 1.50. The first-order valence-corrected chi connectivity index (χ1v) is 9.46. The lowest BCUT2D eigenvalue weighted by molar-refractivity contribution is -0.145. The van der Waals surface area contributed by atoms with Crippen LogP contribution in [0.5, 0.6) is 11.5 Å². The van der Waals surface area contributed by atoms with Crippen molar-refractivity contribution >= 4 is 29.2 Å². The highest BCUT2D eigenvalue weighted by atomic mass is 35.5. The number of carboxylic acids is 1. The number of carboxylic acid groups (broad SMARTS) is 1. The van der Waals surface area contributed by atoms with Crippen LogP contribution in [0.3, 0.4) is 0 Å². The highest BCUT2D eigenvalue weighted by molar-refractivity contribution is 6.56. The maximum atomic E-state index is 12.3. The number of allylic oxidation sites excluding steroid dienone is 1. The van der Waals surface area contributed by atoms with Gasteiger partial charge in [-0.2, -0.15) is 5.26 Å². The number of benzene rings is 2. The Morgan fingerprint density at radius 3 is 2.36 bits per heavy atom. The molecule has 1 fully saturated rings. The summed E-state index contributed by atoms with van der Waals surface area (Å²) in [6.45, 7) is 3.50. The van der Waals surface area contributed by atoms with Gasteiger partial charge in [0.2, 0.25) is 0 Å². The normalized spacial score (nSPS) is 24.7. The number of rotatable bonds is 6. The molecule has 0 heterocycles. The minimum absolute atomic E-state index is 0.112. The van der Waals surface area contributed by atoms with Gasteiger partial charge in [0.05, 0.1) is 6.07 Å². The molecule has 0 amide bonds. The van der Waals surface area contributed by atoms with Gasteiger partial charge >= 0.3 is 5.97 Å². The molecule has 0 bridgehead atoms. The third-order valence-electron chi connectivity index (χ3n) is 5.88. The van der Waals surface area contributed by atoms with Crippen molar-refractivity contribution in [1.29, 1.82) is 5.26 Å². The smallest absolute Gasteiger partial charge is 0.312 e. The maximum absolute atomic E-state index is 12.3. The third-order valence-corrected chi connectivity index (χ3v) is 6.10. The van der Waals surface area contributed by atoms with Crippen LogP contribution in [0.2, 0.25) is 0 Å². The minimum atomic E-state index is -1.35. The number of aliphatic carboxylic acids is 1. The van der Waals surface area contributed by atoms with Gasteiger partial charge in [-0.25, -0.2) is 0 Å². The molecule has 1 N–H and O–H groups in total. The first kappa shape index (κ1) is 20.3. The summed E-state index contributed by atoms with van der Waals surface area (Å²) in [7, 11) is 0. The zero-order valence-electron chi connectivity index (χ0n) is 15.4. The lowest BCUT2D eigenvalue weighted by atomic mass is 9.86. The van der Waals surface area contributed by atoms with Gasteiger partial charge in [-0.15, -0.1) is 0 Å². The van der Waals surface area contributed by atoms with Crippen LogP contribution < -0.4 is 4.74 Å². The molecule has 0 spiro atoms. The van der Waals surface area contributed by atoms with E-state index in [0.29, 0.717) is 11.5 Å². The summed E-state index contributed by atoms with van der Waals surface area (Å²) in [4.78, 5) is 12.3.